The molecule has 0 heterocycles. The van der Waals surface area contributed by atoms with E-state index in [1.165, 1.54) is 19.3 Å². The quantitative estimate of drug-likeness (QED) is 0.771. The Labute approximate surface area is 97.0 Å². The SMILES string of the molecule is CCCCC1CCC(C(=O)NC(N)=O)CC1. The summed E-state index contributed by atoms with van der Waals surface area (Å²) in [7, 11) is 0. The van der Waals surface area contributed by atoms with E-state index in [1.54, 1.807) is 0 Å². The van der Waals surface area contributed by atoms with E-state index in [9.17, 15) is 9.59 Å². The van der Waals surface area contributed by atoms with Crippen molar-refractivity contribution in [2.75, 3.05) is 0 Å². The van der Waals surface area contributed by atoms with Gasteiger partial charge in [-0.25, -0.2) is 4.79 Å². The van der Waals surface area contributed by atoms with Crippen LogP contribution in [0.3, 0.4) is 0 Å². The number of nitrogens with one attached hydrogen (secondary N) is 1. The summed E-state index contributed by atoms with van der Waals surface area (Å²) in [6.45, 7) is 2.20. The van der Waals surface area contributed by atoms with Gasteiger partial charge >= 0.3 is 6.03 Å². The highest BCUT2D eigenvalue weighted by Crippen LogP contribution is 2.31. The van der Waals surface area contributed by atoms with Gasteiger partial charge in [-0.1, -0.05) is 26.2 Å². The normalized spacial score (nSPS) is 25.1. The lowest BCUT2D eigenvalue weighted by Crippen LogP contribution is -2.40. The Kier molecular flexibility index (Phi) is 5.29. The summed E-state index contributed by atoms with van der Waals surface area (Å²) in [6.07, 6.45) is 7.81. The van der Waals surface area contributed by atoms with Crippen LogP contribution < -0.4 is 11.1 Å². The largest absolute Gasteiger partial charge is 0.351 e. The lowest BCUT2D eigenvalue weighted by Gasteiger charge is -2.27. The van der Waals surface area contributed by atoms with Crippen molar-refractivity contribution >= 4 is 11.9 Å². The Morgan fingerprint density at radius 3 is 2.38 bits per heavy atom. The number of urea groups is 1. The molecular formula is C12H22N2O2. The molecule has 0 bridgehead atoms. The summed E-state index contributed by atoms with van der Waals surface area (Å²) in [5.74, 6) is 0.574. The molecule has 0 aliphatic heterocycles. The van der Waals surface area contributed by atoms with E-state index in [1.807, 2.05) is 0 Å². The number of hydrogen-bond donors (Lipinski definition) is 2. The second-order valence-electron chi connectivity index (χ2n) is 4.71. The molecule has 92 valence electrons. The first-order valence-corrected chi connectivity index (χ1v) is 6.23. The molecule has 0 aromatic rings. The number of hydrogen-bond acceptors (Lipinski definition) is 2. The third kappa shape index (κ3) is 4.21. The van der Waals surface area contributed by atoms with Crippen molar-refractivity contribution in [1.82, 2.24) is 5.32 Å². The Balaban J connectivity index is 2.26. The number of imide groups is 1. The molecule has 0 atom stereocenters. The lowest BCUT2D eigenvalue weighted by atomic mass is 9.79. The van der Waals surface area contributed by atoms with E-state index in [0.717, 1.165) is 31.6 Å². The minimum absolute atomic E-state index is 0.00891. The summed E-state index contributed by atoms with van der Waals surface area (Å²) in [5, 5.41) is 2.17. The van der Waals surface area contributed by atoms with Crippen LogP contribution in [0.4, 0.5) is 4.79 Å². The molecule has 0 aromatic heterocycles. The molecule has 3 N–H and O–H groups in total. The van der Waals surface area contributed by atoms with Crippen molar-refractivity contribution in [3.05, 3.63) is 0 Å². The van der Waals surface area contributed by atoms with Gasteiger partial charge in [-0.05, 0) is 31.6 Å². The fraction of sp³-hybridized carbons (Fsp3) is 0.833. The number of carbonyl (C=O) groups is 2. The molecule has 1 aliphatic rings. The highest BCUT2D eigenvalue weighted by Gasteiger charge is 2.26. The zero-order valence-corrected chi connectivity index (χ0v) is 10.00. The second-order valence-corrected chi connectivity index (χ2v) is 4.71. The molecule has 0 unspecified atom stereocenters. The van der Waals surface area contributed by atoms with E-state index < -0.39 is 6.03 Å². The minimum atomic E-state index is -0.738. The van der Waals surface area contributed by atoms with Crippen LogP contribution in [0.2, 0.25) is 0 Å². The van der Waals surface area contributed by atoms with Crippen molar-refractivity contribution < 1.29 is 9.59 Å². The van der Waals surface area contributed by atoms with Gasteiger partial charge in [0.25, 0.3) is 0 Å². The summed E-state index contributed by atoms with van der Waals surface area (Å²) in [4.78, 5) is 22.1. The van der Waals surface area contributed by atoms with Crippen molar-refractivity contribution in [3.63, 3.8) is 0 Å². The van der Waals surface area contributed by atoms with E-state index in [4.69, 9.17) is 5.73 Å². The van der Waals surface area contributed by atoms with Crippen molar-refractivity contribution in [3.8, 4) is 0 Å². The van der Waals surface area contributed by atoms with Crippen molar-refractivity contribution in [2.45, 2.75) is 51.9 Å². The number of nitrogens with two attached hydrogens (primary N) is 1. The maximum absolute atomic E-state index is 11.5. The van der Waals surface area contributed by atoms with Gasteiger partial charge in [0.15, 0.2) is 0 Å². The van der Waals surface area contributed by atoms with Gasteiger partial charge in [-0.15, -0.1) is 0 Å². The first kappa shape index (κ1) is 13.0. The minimum Gasteiger partial charge on any atom is -0.351 e. The molecule has 4 nitrogen and oxygen atoms in total. The number of amides is 3. The highest BCUT2D eigenvalue weighted by atomic mass is 16.2. The molecular weight excluding hydrogens is 204 g/mol. The first-order valence-electron chi connectivity index (χ1n) is 6.23. The van der Waals surface area contributed by atoms with E-state index in [-0.39, 0.29) is 11.8 Å². The molecule has 0 saturated heterocycles. The Hall–Kier alpha value is -1.06. The summed E-state index contributed by atoms with van der Waals surface area (Å²) in [5.41, 5.74) is 4.92. The van der Waals surface area contributed by atoms with Crippen LogP contribution >= 0.6 is 0 Å². The molecule has 1 saturated carbocycles. The van der Waals surface area contributed by atoms with Gasteiger partial charge < -0.3 is 5.73 Å². The Bertz CT molecular complexity index is 245. The molecule has 3 amide bonds. The molecule has 0 aromatic carbocycles. The molecule has 16 heavy (non-hydrogen) atoms. The van der Waals surface area contributed by atoms with Crippen LogP contribution in [0.15, 0.2) is 0 Å². The fourth-order valence-corrected chi connectivity index (χ4v) is 2.43. The first-order chi connectivity index (χ1) is 7.63. The van der Waals surface area contributed by atoms with Crippen LogP contribution in [-0.4, -0.2) is 11.9 Å². The van der Waals surface area contributed by atoms with Crippen LogP contribution in [0, 0.1) is 11.8 Å². The highest BCUT2D eigenvalue weighted by molar-refractivity contribution is 5.94. The Morgan fingerprint density at radius 1 is 1.25 bits per heavy atom. The number of unbranched alkanes of at least 4 members (excludes halogenated alkanes) is 1. The maximum atomic E-state index is 11.5. The van der Waals surface area contributed by atoms with Crippen molar-refractivity contribution in [1.29, 1.82) is 0 Å². The topological polar surface area (TPSA) is 72.2 Å². The number of rotatable bonds is 4. The monoisotopic (exact) mass is 226 g/mol. The molecule has 1 rings (SSSR count). The number of carbonyl (C=O) groups excluding carboxylic acids is 2. The predicted molar refractivity (Wildman–Crippen MR) is 62.7 cm³/mol. The molecule has 4 heteroatoms. The average Bonchev–Trinajstić information content (AvgIpc) is 2.26. The standard InChI is InChI=1S/C12H22N2O2/c1-2-3-4-9-5-7-10(8-6-9)11(15)14-12(13)16/h9-10H,2-8H2,1H3,(H3,13,14,15,16). The van der Waals surface area contributed by atoms with Gasteiger partial charge in [0, 0.05) is 5.92 Å². The van der Waals surface area contributed by atoms with Gasteiger partial charge in [-0.2, -0.15) is 0 Å². The molecule has 1 aliphatic carbocycles. The van der Waals surface area contributed by atoms with Crippen molar-refractivity contribution in [2.24, 2.45) is 17.6 Å². The molecule has 0 spiro atoms. The Morgan fingerprint density at radius 2 is 1.88 bits per heavy atom. The van der Waals surface area contributed by atoms with Crippen LogP contribution in [-0.2, 0) is 4.79 Å². The van der Waals surface area contributed by atoms with E-state index in [2.05, 4.69) is 12.2 Å². The third-order valence-electron chi connectivity index (χ3n) is 3.43. The average molecular weight is 226 g/mol. The number of primary amides is 1. The fourth-order valence-electron chi connectivity index (χ4n) is 2.43. The summed E-state index contributed by atoms with van der Waals surface area (Å²) in [6, 6.07) is -0.738. The van der Waals surface area contributed by atoms with Gasteiger partial charge in [0.2, 0.25) is 5.91 Å². The zero-order chi connectivity index (χ0) is 12.0. The van der Waals surface area contributed by atoms with E-state index >= 15 is 0 Å². The third-order valence-corrected chi connectivity index (χ3v) is 3.43. The summed E-state index contributed by atoms with van der Waals surface area (Å²) >= 11 is 0. The van der Waals surface area contributed by atoms with Gasteiger partial charge in [-0.3, -0.25) is 10.1 Å². The second kappa shape index (κ2) is 6.51. The maximum Gasteiger partial charge on any atom is 0.318 e. The lowest BCUT2D eigenvalue weighted by molar-refractivity contribution is -0.125. The van der Waals surface area contributed by atoms with E-state index in [0.29, 0.717) is 0 Å². The van der Waals surface area contributed by atoms with Gasteiger partial charge in [0.1, 0.15) is 0 Å². The van der Waals surface area contributed by atoms with Crippen LogP contribution in [0.1, 0.15) is 51.9 Å². The van der Waals surface area contributed by atoms with Gasteiger partial charge in [0.05, 0.1) is 0 Å². The van der Waals surface area contributed by atoms with Crippen LogP contribution in [0.5, 0.6) is 0 Å². The molecule has 1 fully saturated rings. The zero-order valence-electron chi connectivity index (χ0n) is 10.00. The van der Waals surface area contributed by atoms with Crippen LogP contribution in [0.25, 0.3) is 0 Å². The smallest absolute Gasteiger partial charge is 0.318 e. The predicted octanol–water partition coefficient (Wildman–Crippen LogP) is 2.18. The summed E-state index contributed by atoms with van der Waals surface area (Å²) < 4.78 is 0. The molecule has 0 radical (unpaired) electrons.